The van der Waals surface area contributed by atoms with Crippen molar-refractivity contribution in [1.29, 1.82) is 0 Å². The van der Waals surface area contributed by atoms with E-state index in [1.165, 1.54) is 64.3 Å². The van der Waals surface area contributed by atoms with Gasteiger partial charge in [0.1, 0.15) is 0 Å². The lowest BCUT2D eigenvalue weighted by Crippen LogP contribution is -2.43. The highest BCUT2D eigenvalue weighted by Crippen LogP contribution is 2.24. The number of rotatable bonds is 6. The van der Waals surface area contributed by atoms with E-state index in [2.05, 4.69) is 4.90 Å². The Morgan fingerprint density at radius 1 is 0.947 bits per heavy atom. The molecule has 0 bridgehead atoms. The van der Waals surface area contributed by atoms with Gasteiger partial charge in [0, 0.05) is 19.2 Å². The maximum Gasteiger partial charge on any atom is 0.0702 e. The van der Waals surface area contributed by atoms with Crippen molar-refractivity contribution in [1.82, 2.24) is 4.90 Å². The molecular weight excluding hydrogens is 236 g/mol. The standard InChI is InChI=1S/C16H32N2O/c17-11-7-12-18(14-16-10-5-6-13-19-16)15-8-3-1-2-4-9-15/h15-16H,1-14,17H2. The predicted octanol–water partition coefficient (Wildman–Crippen LogP) is 2.93. The zero-order chi connectivity index (χ0) is 13.3. The minimum atomic E-state index is 0.481. The van der Waals surface area contributed by atoms with Gasteiger partial charge in [0.05, 0.1) is 6.10 Å². The van der Waals surface area contributed by atoms with Crippen LogP contribution in [0.1, 0.15) is 64.2 Å². The second-order valence-electron chi connectivity index (χ2n) is 6.27. The van der Waals surface area contributed by atoms with Crippen LogP contribution in [-0.2, 0) is 4.74 Å². The van der Waals surface area contributed by atoms with E-state index in [1.807, 2.05) is 0 Å². The molecule has 19 heavy (non-hydrogen) atoms. The molecular formula is C16H32N2O. The van der Waals surface area contributed by atoms with Crippen LogP contribution in [0, 0.1) is 0 Å². The highest BCUT2D eigenvalue weighted by molar-refractivity contribution is 4.78. The summed E-state index contributed by atoms with van der Waals surface area (Å²) in [5.74, 6) is 0. The second kappa shape index (κ2) is 8.93. The zero-order valence-corrected chi connectivity index (χ0v) is 12.5. The van der Waals surface area contributed by atoms with Crippen LogP contribution < -0.4 is 5.73 Å². The van der Waals surface area contributed by atoms with Crippen molar-refractivity contribution in [2.45, 2.75) is 76.4 Å². The maximum atomic E-state index is 5.94. The van der Waals surface area contributed by atoms with Crippen molar-refractivity contribution in [3.05, 3.63) is 0 Å². The van der Waals surface area contributed by atoms with Crippen LogP contribution in [0.15, 0.2) is 0 Å². The molecule has 2 rings (SSSR count). The van der Waals surface area contributed by atoms with Gasteiger partial charge >= 0.3 is 0 Å². The van der Waals surface area contributed by atoms with Gasteiger partial charge in [0.25, 0.3) is 0 Å². The Labute approximate surface area is 118 Å². The Bertz CT molecular complexity index is 221. The average molecular weight is 268 g/mol. The van der Waals surface area contributed by atoms with E-state index >= 15 is 0 Å². The van der Waals surface area contributed by atoms with Gasteiger partial charge in [-0.05, 0) is 51.6 Å². The van der Waals surface area contributed by atoms with E-state index < -0.39 is 0 Å². The van der Waals surface area contributed by atoms with Crippen molar-refractivity contribution in [3.63, 3.8) is 0 Å². The molecule has 2 aliphatic rings. The van der Waals surface area contributed by atoms with Crippen molar-refractivity contribution in [2.24, 2.45) is 5.73 Å². The molecule has 2 N–H and O–H groups in total. The number of hydrogen-bond donors (Lipinski definition) is 1. The molecule has 1 saturated carbocycles. The van der Waals surface area contributed by atoms with Crippen LogP contribution in [0.4, 0.5) is 0 Å². The zero-order valence-electron chi connectivity index (χ0n) is 12.5. The summed E-state index contributed by atoms with van der Waals surface area (Å²) in [5, 5.41) is 0. The Morgan fingerprint density at radius 3 is 2.32 bits per heavy atom. The second-order valence-corrected chi connectivity index (χ2v) is 6.27. The van der Waals surface area contributed by atoms with Crippen molar-refractivity contribution in [3.8, 4) is 0 Å². The topological polar surface area (TPSA) is 38.5 Å². The quantitative estimate of drug-likeness (QED) is 0.753. The predicted molar refractivity (Wildman–Crippen MR) is 80.3 cm³/mol. The maximum absolute atomic E-state index is 5.94. The summed E-state index contributed by atoms with van der Waals surface area (Å²) in [6, 6.07) is 0.791. The lowest BCUT2D eigenvalue weighted by Gasteiger charge is -2.35. The van der Waals surface area contributed by atoms with Crippen LogP contribution in [0.5, 0.6) is 0 Å². The van der Waals surface area contributed by atoms with Crippen LogP contribution in [0.3, 0.4) is 0 Å². The van der Waals surface area contributed by atoms with Crippen LogP contribution >= 0.6 is 0 Å². The van der Waals surface area contributed by atoms with E-state index in [9.17, 15) is 0 Å². The largest absolute Gasteiger partial charge is 0.377 e. The first kappa shape index (κ1) is 15.3. The Morgan fingerprint density at radius 2 is 1.68 bits per heavy atom. The summed E-state index contributed by atoms with van der Waals surface area (Å²) in [4.78, 5) is 2.70. The summed E-state index contributed by atoms with van der Waals surface area (Å²) in [5.41, 5.74) is 5.71. The van der Waals surface area contributed by atoms with Gasteiger partial charge in [-0.25, -0.2) is 0 Å². The van der Waals surface area contributed by atoms with Crippen molar-refractivity contribution in [2.75, 3.05) is 26.2 Å². The van der Waals surface area contributed by atoms with E-state index in [4.69, 9.17) is 10.5 Å². The third-order valence-electron chi connectivity index (χ3n) is 4.70. The van der Waals surface area contributed by atoms with Crippen LogP contribution in [0.2, 0.25) is 0 Å². The lowest BCUT2D eigenvalue weighted by atomic mass is 10.0. The molecule has 0 amide bonds. The highest BCUT2D eigenvalue weighted by atomic mass is 16.5. The molecule has 0 aromatic carbocycles. The minimum Gasteiger partial charge on any atom is -0.377 e. The van der Waals surface area contributed by atoms with E-state index in [0.717, 1.165) is 32.2 Å². The molecule has 3 heteroatoms. The van der Waals surface area contributed by atoms with E-state index in [1.54, 1.807) is 0 Å². The molecule has 1 saturated heterocycles. The fourth-order valence-corrected chi connectivity index (χ4v) is 3.55. The third-order valence-corrected chi connectivity index (χ3v) is 4.70. The summed E-state index contributed by atoms with van der Waals surface area (Å²) in [7, 11) is 0. The summed E-state index contributed by atoms with van der Waals surface area (Å²) < 4.78 is 5.94. The Kier molecular flexibility index (Phi) is 7.18. The molecule has 2 fully saturated rings. The molecule has 1 unspecified atom stereocenters. The molecule has 1 heterocycles. The van der Waals surface area contributed by atoms with Crippen LogP contribution in [0.25, 0.3) is 0 Å². The highest BCUT2D eigenvalue weighted by Gasteiger charge is 2.24. The third kappa shape index (κ3) is 5.41. The van der Waals surface area contributed by atoms with Gasteiger partial charge in [-0.3, -0.25) is 4.90 Å². The molecule has 0 aromatic rings. The molecule has 0 spiro atoms. The normalized spacial score (nSPS) is 26.5. The minimum absolute atomic E-state index is 0.481. The molecule has 1 atom stereocenters. The Balaban J connectivity index is 1.85. The van der Waals surface area contributed by atoms with E-state index in [-0.39, 0.29) is 0 Å². The van der Waals surface area contributed by atoms with Gasteiger partial charge in [0.2, 0.25) is 0 Å². The lowest BCUT2D eigenvalue weighted by molar-refractivity contribution is -0.0153. The molecule has 0 aromatic heterocycles. The van der Waals surface area contributed by atoms with Crippen LogP contribution in [-0.4, -0.2) is 43.3 Å². The number of hydrogen-bond acceptors (Lipinski definition) is 3. The molecule has 112 valence electrons. The Hall–Kier alpha value is -0.120. The molecule has 1 aliphatic heterocycles. The summed E-state index contributed by atoms with van der Waals surface area (Å²) in [6.07, 6.45) is 13.9. The smallest absolute Gasteiger partial charge is 0.0702 e. The SMILES string of the molecule is NCCCN(CC1CCCCO1)C1CCCCCC1. The monoisotopic (exact) mass is 268 g/mol. The first-order chi connectivity index (χ1) is 9.40. The fourth-order valence-electron chi connectivity index (χ4n) is 3.55. The number of nitrogens with zero attached hydrogens (tertiary/aromatic N) is 1. The van der Waals surface area contributed by atoms with Gasteiger partial charge in [-0.2, -0.15) is 0 Å². The van der Waals surface area contributed by atoms with E-state index in [0.29, 0.717) is 6.10 Å². The number of ether oxygens (including phenoxy) is 1. The first-order valence-electron chi connectivity index (χ1n) is 8.46. The van der Waals surface area contributed by atoms with Crippen molar-refractivity contribution >= 4 is 0 Å². The summed E-state index contributed by atoms with van der Waals surface area (Å²) >= 11 is 0. The molecule has 0 radical (unpaired) electrons. The first-order valence-corrected chi connectivity index (χ1v) is 8.46. The fraction of sp³-hybridized carbons (Fsp3) is 1.00. The number of nitrogens with two attached hydrogens (primary N) is 1. The molecule has 1 aliphatic carbocycles. The van der Waals surface area contributed by atoms with Gasteiger partial charge in [-0.1, -0.05) is 25.7 Å². The molecule has 3 nitrogen and oxygen atoms in total. The summed E-state index contributed by atoms with van der Waals surface area (Å²) in [6.45, 7) is 4.10. The van der Waals surface area contributed by atoms with Gasteiger partial charge in [0.15, 0.2) is 0 Å². The van der Waals surface area contributed by atoms with Crippen molar-refractivity contribution < 1.29 is 4.74 Å². The van der Waals surface area contributed by atoms with Gasteiger partial charge < -0.3 is 10.5 Å². The average Bonchev–Trinajstić information content (AvgIpc) is 2.73. The van der Waals surface area contributed by atoms with Gasteiger partial charge in [-0.15, -0.1) is 0 Å².